The molecule has 142 valence electrons. The summed E-state index contributed by atoms with van der Waals surface area (Å²) in [6.45, 7) is 0.770. The molecule has 1 aliphatic rings. The third-order valence-electron chi connectivity index (χ3n) is 4.63. The number of rotatable bonds is 7. The van der Waals surface area contributed by atoms with E-state index in [2.05, 4.69) is 5.32 Å². The molecule has 2 N–H and O–H groups in total. The smallest absolute Gasteiger partial charge is 0.306 e. The monoisotopic (exact) mass is 371 g/mol. The summed E-state index contributed by atoms with van der Waals surface area (Å²) in [5, 5.41) is 11.9. The Labute approximate surface area is 157 Å². The summed E-state index contributed by atoms with van der Waals surface area (Å²) in [6, 6.07) is 11.7. The van der Waals surface area contributed by atoms with Crippen LogP contribution in [-0.4, -0.2) is 36.1 Å². The minimum absolute atomic E-state index is 0.00809. The van der Waals surface area contributed by atoms with Crippen LogP contribution in [0.15, 0.2) is 42.5 Å². The maximum atomic E-state index is 15.2. The van der Waals surface area contributed by atoms with Gasteiger partial charge in [-0.3, -0.25) is 9.59 Å². The maximum absolute atomic E-state index is 15.2. The van der Waals surface area contributed by atoms with E-state index in [-0.39, 0.29) is 30.7 Å². The van der Waals surface area contributed by atoms with Crippen molar-refractivity contribution in [3.05, 3.63) is 53.8 Å². The van der Waals surface area contributed by atoms with Gasteiger partial charge in [-0.1, -0.05) is 36.4 Å². The van der Waals surface area contributed by atoms with Crippen molar-refractivity contribution >= 4 is 11.8 Å². The van der Waals surface area contributed by atoms with Crippen LogP contribution in [0.5, 0.6) is 5.75 Å². The number of carbonyl (C=O) groups is 2. The molecule has 2 aromatic rings. The number of ketones is 1. The highest BCUT2D eigenvalue weighted by molar-refractivity contribution is 5.85. The molecule has 1 fully saturated rings. The quantitative estimate of drug-likeness (QED) is 0.782. The zero-order valence-electron chi connectivity index (χ0n) is 14.9. The zero-order chi connectivity index (χ0) is 19.2. The lowest BCUT2D eigenvalue weighted by molar-refractivity contribution is -0.137. The number of hydrogen-bond donors (Lipinski definition) is 2. The maximum Gasteiger partial charge on any atom is 0.306 e. The number of ether oxygens (including phenoxy) is 1. The Bertz CT molecular complexity index is 837. The van der Waals surface area contributed by atoms with Crippen LogP contribution in [0, 0.1) is 5.82 Å². The molecule has 0 radical (unpaired) electrons. The fourth-order valence-electron chi connectivity index (χ4n) is 3.24. The van der Waals surface area contributed by atoms with Crippen LogP contribution in [0.2, 0.25) is 0 Å². The van der Waals surface area contributed by atoms with Gasteiger partial charge in [-0.25, -0.2) is 4.39 Å². The van der Waals surface area contributed by atoms with Crippen molar-refractivity contribution in [1.29, 1.82) is 0 Å². The molecule has 0 aliphatic carbocycles. The topological polar surface area (TPSA) is 75.6 Å². The number of Topliss-reactive ketones (excluding diaryl/α,β-unsaturated/α-hetero) is 1. The van der Waals surface area contributed by atoms with Gasteiger partial charge >= 0.3 is 5.97 Å². The highest BCUT2D eigenvalue weighted by Gasteiger charge is 2.24. The van der Waals surface area contributed by atoms with Gasteiger partial charge in [0.25, 0.3) is 0 Å². The van der Waals surface area contributed by atoms with E-state index >= 15 is 4.39 Å². The van der Waals surface area contributed by atoms with E-state index in [0.717, 1.165) is 13.0 Å². The molecule has 3 rings (SSSR count). The number of hydrogen-bond acceptors (Lipinski definition) is 4. The van der Waals surface area contributed by atoms with Gasteiger partial charge in [0.05, 0.1) is 19.1 Å². The number of benzene rings is 2. The first-order chi connectivity index (χ1) is 13.1. The summed E-state index contributed by atoms with van der Waals surface area (Å²) < 4.78 is 20.7. The van der Waals surface area contributed by atoms with Crippen LogP contribution in [-0.2, 0) is 16.0 Å². The number of aliphatic carboxylic acids is 1. The average Bonchev–Trinajstić information content (AvgIpc) is 2.65. The van der Waals surface area contributed by atoms with E-state index in [1.54, 1.807) is 42.5 Å². The highest BCUT2D eigenvalue weighted by Crippen LogP contribution is 2.33. The molecular formula is C21H22FNO4. The predicted octanol–water partition coefficient (Wildman–Crippen LogP) is 3.21. The number of halogens is 1. The van der Waals surface area contributed by atoms with Gasteiger partial charge in [0.2, 0.25) is 0 Å². The van der Waals surface area contributed by atoms with Gasteiger partial charge in [-0.15, -0.1) is 0 Å². The highest BCUT2D eigenvalue weighted by atomic mass is 19.1. The van der Waals surface area contributed by atoms with E-state index in [4.69, 9.17) is 9.84 Å². The fourth-order valence-corrected chi connectivity index (χ4v) is 3.24. The molecule has 2 aromatic carbocycles. The standard InChI is InChI=1S/C21H22FNO4/c22-21-14(13-17-18(24)8-4-11-23-17)5-3-7-16(21)15-6-1-2-9-19(15)27-12-10-20(25)26/h1-3,5-7,9,17,23H,4,8,10-13H2,(H,25,26). The predicted molar refractivity (Wildman–Crippen MR) is 99.3 cm³/mol. The molecule has 1 heterocycles. The Morgan fingerprint density at radius 3 is 2.74 bits per heavy atom. The molecule has 1 saturated heterocycles. The van der Waals surface area contributed by atoms with Gasteiger partial charge in [0.15, 0.2) is 0 Å². The van der Waals surface area contributed by atoms with Gasteiger partial charge in [-0.05, 0) is 31.0 Å². The van der Waals surface area contributed by atoms with E-state index < -0.39 is 5.97 Å². The first-order valence-corrected chi connectivity index (χ1v) is 9.03. The molecule has 1 unspecified atom stereocenters. The number of piperidine rings is 1. The SMILES string of the molecule is O=C(O)CCOc1ccccc1-c1cccc(CC2NCCCC2=O)c1F. The Hall–Kier alpha value is -2.73. The molecule has 0 amide bonds. The van der Waals surface area contributed by atoms with E-state index in [0.29, 0.717) is 35.3 Å². The second-order valence-electron chi connectivity index (χ2n) is 6.55. The summed E-state index contributed by atoms with van der Waals surface area (Å²) in [6.07, 6.45) is 1.52. The first kappa shape index (κ1) is 19.0. The molecule has 0 bridgehead atoms. The van der Waals surface area contributed by atoms with Crippen LogP contribution in [0.3, 0.4) is 0 Å². The molecule has 27 heavy (non-hydrogen) atoms. The summed E-state index contributed by atoms with van der Waals surface area (Å²) in [4.78, 5) is 22.7. The lowest BCUT2D eigenvalue weighted by Gasteiger charge is -2.23. The second-order valence-corrected chi connectivity index (χ2v) is 6.55. The van der Waals surface area contributed by atoms with Crippen LogP contribution in [0.25, 0.3) is 11.1 Å². The van der Waals surface area contributed by atoms with Gasteiger partial charge in [0, 0.05) is 17.5 Å². The molecule has 6 heteroatoms. The number of para-hydroxylation sites is 1. The van der Waals surface area contributed by atoms with Crippen molar-refractivity contribution in [2.45, 2.75) is 31.7 Å². The van der Waals surface area contributed by atoms with Crippen molar-refractivity contribution in [2.75, 3.05) is 13.2 Å². The first-order valence-electron chi connectivity index (χ1n) is 9.03. The number of nitrogens with one attached hydrogen (secondary N) is 1. The van der Waals surface area contributed by atoms with Crippen LogP contribution in [0.1, 0.15) is 24.8 Å². The molecule has 5 nitrogen and oxygen atoms in total. The fraction of sp³-hybridized carbons (Fsp3) is 0.333. The molecular weight excluding hydrogens is 349 g/mol. The summed E-state index contributed by atoms with van der Waals surface area (Å²) in [7, 11) is 0. The zero-order valence-corrected chi connectivity index (χ0v) is 14.9. The van der Waals surface area contributed by atoms with Gasteiger partial charge in [0.1, 0.15) is 17.3 Å². The van der Waals surface area contributed by atoms with E-state index in [9.17, 15) is 9.59 Å². The summed E-state index contributed by atoms with van der Waals surface area (Å²) >= 11 is 0. The normalized spacial score (nSPS) is 16.9. The molecule has 0 aromatic heterocycles. The van der Waals surface area contributed by atoms with Crippen molar-refractivity contribution in [1.82, 2.24) is 5.32 Å². The Morgan fingerprint density at radius 2 is 1.96 bits per heavy atom. The van der Waals surface area contributed by atoms with Gasteiger partial charge < -0.3 is 15.2 Å². The van der Waals surface area contributed by atoms with E-state index in [1.807, 2.05) is 0 Å². The number of carboxylic acid groups (broad SMARTS) is 1. The van der Waals surface area contributed by atoms with Crippen LogP contribution >= 0.6 is 0 Å². The third-order valence-corrected chi connectivity index (χ3v) is 4.63. The van der Waals surface area contributed by atoms with Crippen LogP contribution < -0.4 is 10.1 Å². The van der Waals surface area contributed by atoms with Crippen molar-refractivity contribution < 1.29 is 23.8 Å². The Morgan fingerprint density at radius 1 is 1.19 bits per heavy atom. The molecule has 1 atom stereocenters. The van der Waals surface area contributed by atoms with Crippen molar-refractivity contribution in [3.8, 4) is 16.9 Å². The lowest BCUT2D eigenvalue weighted by atomic mass is 9.93. The average molecular weight is 371 g/mol. The minimum Gasteiger partial charge on any atom is -0.492 e. The number of carboxylic acids is 1. The second kappa shape index (κ2) is 8.77. The van der Waals surface area contributed by atoms with Crippen molar-refractivity contribution in [3.63, 3.8) is 0 Å². The minimum atomic E-state index is -0.953. The molecule has 0 spiro atoms. The Balaban J connectivity index is 1.85. The lowest BCUT2D eigenvalue weighted by Crippen LogP contribution is -2.43. The number of carbonyl (C=O) groups excluding carboxylic acids is 1. The van der Waals surface area contributed by atoms with Crippen LogP contribution in [0.4, 0.5) is 4.39 Å². The van der Waals surface area contributed by atoms with Crippen molar-refractivity contribution in [2.24, 2.45) is 0 Å². The molecule has 1 aliphatic heterocycles. The molecule has 0 saturated carbocycles. The summed E-state index contributed by atoms with van der Waals surface area (Å²) in [5.41, 5.74) is 1.41. The largest absolute Gasteiger partial charge is 0.492 e. The van der Waals surface area contributed by atoms with E-state index in [1.165, 1.54) is 0 Å². The Kier molecular flexibility index (Phi) is 6.19. The summed E-state index contributed by atoms with van der Waals surface area (Å²) in [5.74, 6) is -0.789. The van der Waals surface area contributed by atoms with Gasteiger partial charge in [-0.2, -0.15) is 0 Å². The third kappa shape index (κ3) is 4.71.